The van der Waals surface area contributed by atoms with E-state index in [1.807, 2.05) is 43.3 Å². The van der Waals surface area contributed by atoms with E-state index in [0.717, 1.165) is 11.3 Å². The van der Waals surface area contributed by atoms with Crippen molar-refractivity contribution in [2.75, 3.05) is 26.0 Å². The van der Waals surface area contributed by atoms with Crippen LogP contribution in [0, 0.1) is 0 Å². The fourth-order valence-corrected chi connectivity index (χ4v) is 1.21. The van der Waals surface area contributed by atoms with Gasteiger partial charge in [-0.05, 0) is 12.1 Å². The normalized spacial score (nSPS) is 11.3. The second-order valence-corrected chi connectivity index (χ2v) is 3.16. The Morgan fingerprint density at radius 2 is 2.14 bits per heavy atom. The van der Waals surface area contributed by atoms with Gasteiger partial charge in [-0.25, -0.2) is 5.84 Å². The maximum absolute atomic E-state index is 5.35. The highest BCUT2D eigenvalue weighted by atomic mass is 15.2. The van der Waals surface area contributed by atoms with Gasteiger partial charge in [0.25, 0.3) is 0 Å². The Kier molecular flexibility index (Phi) is 3.48. The molecule has 76 valence electrons. The van der Waals surface area contributed by atoms with Gasteiger partial charge in [-0.1, -0.05) is 12.1 Å². The van der Waals surface area contributed by atoms with Gasteiger partial charge in [-0.15, -0.1) is 0 Å². The summed E-state index contributed by atoms with van der Waals surface area (Å²) < 4.78 is 0. The Morgan fingerprint density at radius 3 is 2.64 bits per heavy atom. The Bertz CT molecular complexity index is 331. The molecule has 1 aromatic rings. The Balaban J connectivity index is 3.05. The number of nitrogens with zero attached hydrogens (tertiary/aromatic N) is 2. The van der Waals surface area contributed by atoms with E-state index in [9.17, 15) is 0 Å². The number of anilines is 1. The lowest BCUT2D eigenvalue weighted by Crippen LogP contribution is -2.31. The SMILES string of the molecule is CN=C(NN)c1cccc(N(C)C)c1. The first kappa shape index (κ1) is 10.5. The van der Waals surface area contributed by atoms with Crippen molar-refractivity contribution in [3.8, 4) is 0 Å². The first-order valence-electron chi connectivity index (χ1n) is 4.40. The predicted octanol–water partition coefficient (Wildman–Crippen LogP) is 0.592. The molecule has 0 amide bonds. The van der Waals surface area contributed by atoms with E-state index in [4.69, 9.17) is 5.84 Å². The van der Waals surface area contributed by atoms with E-state index >= 15 is 0 Å². The van der Waals surface area contributed by atoms with Crippen LogP contribution in [0.3, 0.4) is 0 Å². The Labute approximate surface area is 84.4 Å². The molecule has 0 radical (unpaired) electrons. The summed E-state index contributed by atoms with van der Waals surface area (Å²) in [5, 5.41) is 0. The number of amidine groups is 1. The van der Waals surface area contributed by atoms with Gasteiger partial charge in [-0.2, -0.15) is 0 Å². The lowest BCUT2D eigenvalue weighted by Gasteiger charge is -2.14. The summed E-state index contributed by atoms with van der Waals surface area (Å²) in [6.07, 6.45) is 0. The molecule has 4 heteroatoms. The van der Waals surface area contributed by atoms with E-state index in [0.29, 0.717) is 5.84 Å². The van der Waals surface area contributed by atoms with Gasteiger partial charge >= 0.3 is 0 Å². The molecule has 0 spiro atoms. The van der Waals surface area contributed by atoms with Crippen LogP contribution in [0.4, 0.5) is 5.69 Å². The van der Waals surface area contributed by atoms with Gasteiger partial charge in [0.2, 0.25) is 0 Å². The fraction of sp³-hybridized carbons (Fsp3) is 0.300. The molecule has 0 fully saturated rings. The maximum atomic E-state index is 5.35. The monoisotopic (exact) mass is 192 g/mol. The van der Waals surface area contributed by atoms with Crippen LogP contribution in [0.2, 0.25) is 0 Å². The van der Waals surface area contributed by atoms with Crippen molar-refractivity contribution in [3.05, 3.63) is 29.8 Å². The average molecular weight is 192 g/mol. The van der Waals surface area contributed by atoms with Gasteiger partial charge < -0.3 is 10.3 Å². The molecule has 14 heavy (non-hydrogen) atoms. The van der Waals surface area contributed by atoms with E-state index in [1.54, 1.807) is 7.05 Å². The molecule has 0 heterocycles. The van der Waals surface area contributed by atoms with E-state index in [1.165, 1.54) is 0 Å². The number of nitrogens with two attached hydrogens (primary N) is 1. The smallest absolute Gasteiger partial charge is 0.142 e. The molecule has 1 aromatic carbocycles. The summed E-state index contributed by atoms with van der Waals surface area (Å²) in [5.41, 5.74) is 4.68. The molecule has 4 nitrogen and oxygen atoms in total. The van der Waals surface area contributed by atoms with Crippen LogP contribution in [0.1, 0.15) is 5.56 Å². The van der Waals surface area contributed by atoms with Gasteiger partial charge in [-0.3, -0.25) is 4.99 Å². The highest BCUT2D eigenvalue weighted by Crippen LogP contribution is 2.13. The fourth-order valence-electron chi connectivity index (χ4n) is 1.21. The molecule has 0 saturated carbocycles. The van der Waals surface area contributed by atoms with Crippen LogP contribution >= 0.6 is 0 Å². The van der Waals surface area contributed by atoms with Gasteiger partial charge in [0.1, 0.15) is 5.84 Å². The van der Waals surface area contributed by atoms with Crippen LogP contribution in [0.5, 0.6) is 0 Å². The van der Waals surface area contributed by atoms with Crippen LogP contribution in [0.15, 0.2) is 29.3 Å². The van der Waals surface area contributed by atoms with E-state index in [-0.39, 0.29) is 0 Å². The number of benzene rings is 1. The van der Waals surface area contributed by atoms with Crippen molar-refractivity contribution >= 4 is 11.5 Å². The number of hydrogen-bond donors (Lipinski definition) is 2. The second-order valence-electron chi connectivity index (χ2n) is 3.16. The molecule has 0 unspecified atom stereocenters. The van der Waals surface area contributed by atoms with Crippen LogP contribution < -0.4 is 16.2 Å². The van der Waals surface area contributed by atoms with Crippen molar-refractivity contribution < 1.29 is 0 Å². The van der Waals surface area contributed by atoms with Gasteiger partial charge in [0.15, 0.2) is 0 Å². The molecule has 3 N–H and O–H groups in total. The third-order valence-corrected chi connectivity index (χ3v) is 2.00. The molecule has 0 aliphatic rings. The topological polar surface area (TPSA) is 53.6 Å². The number of rotatable bonds is 2. The summed E-state index contributed by atoms with van der Waals surface area (Å²) in [7, 11) is 5.70. The molecule has 1 rings (SSSR count). The zero-order valence-electron chi connectivity index (χ0n) is 8.78. The summed E-state index contributed by atoms with van der Waals surface area (Å²) in [5.74, 6) is 6.04. The third kappa shape index (κ3) is 2.23. The lowest BCUT2D eigenvalue weighted by molar-refractivity contribution is 1.02. The first-order chi connectivity index (χ1) is 6.69. The van der Waals surface area contributed by atoms with Crippen molar-refractivity contribution in [1.29, 1.82) is 0 Å². The highest BCUT2D eigenvalue weighted by molar-refractivity contribution is 5.99. The minimum atomic E-state index is 0.689. The first-order valence-corrected chi connectivity index (χ1v) is 4.40. The summed E-state index contributed by atoms with van der Waals surface area (Å²) in [4.78, 5) is 6.07. The van der Waals surface area contributed by atoms with Crippen molar-refractivity contribution in [2.24, 2.45) is 10.8 Å². The molecule has 0 aliphatic carbocycles. The van der Waals surface area contributed by atoms with E-state index in [2.05, 4.69) is 10.4 Å². The lowest BCUT2D eigenvalue weighted by atomic mass is 10.2. The molecule has 0 atom stereocenters. The molecular weight excluding hydrogens is 176 g/mol. The van der Waals surface area contributed by atoms with Crippen molar-refractivity contribution in [2.45, 2.75) is 0 Å². The van der Waals surface area contributed by atoms with Gasteiger partial charge in [0, 0.05) is 32.4 Å². The number of nitrogens with one attached hydrogen (secondary N) is 1. The average Bonchev–Trinajstić information content (AvgIpc) is 2.20. The molecular formula is C10H16N4. The van der Waals surface area contributed by atoms with Crippen LogP contribution in [0.25, 0.3) is 0 Å². The number of hydrazine groups is 1. The number of aliphatic imine (C=N–C) groups is 1. The molecule has 0 aliphatic heterocycles. The van der Waals surface area contributed by atoms with Crippen LogP contribution in [-0.2, 0) is 0 Å². The number of hydrogen-bond acceptors (Lipinski definition) is 3. The third-order valence-electron chi connectivity index (χ3n) is 2.00. The minimum absolute atomic E-state index is 0.689. The standard InChI is InChI=1S/C10H16N4/c1-12-10(13-11)8-5-4-6-9(7-8)14(2)3/h4-7H,11H2,1-3H3,(H,12,13). The zero-order chi connectivity index (χ0) is 10.6. The van der Waals surface area contributed by atoms with Crippen molar-refractivity contribution in [1.82, 2.24) is 5.43 Å². The highest BCUT2D eigenvalue weighted by Gasteiger charge is 2.02. The molecule has 0 aromatic heterocycles. The second kappa shape index (κ2) is 4.62. The quantitative estimate of drug-likeness (QED) is 0.312. The minimum Gasteiger partial charge on any atom is -0.378 e. The summed E-state index contributed by atoms with van der Waals surface area (Å²) in [6.45, 7) is 0. The summed E-state index contributed by atoms with van der Waals surface area (Å²) >= 11 is 0. The predicted molar refractivity (Wildman–Crippen MR) is 60.6 cm³/mol. The summed E-state index contributed by atoms with van der Waals surface area (Å²) in [6, 6.07) is 8.01. The van der Waals surface area contributed by atoms with Crippen molar-refractivity contribution in [3.63, 3.8) is 0 Å². The molecule has 0 saturated heterocycles. The van der Waals surface area contributed by atoms with Crippen LogP contribution in [-0.4, -0.2) is 27.0 Å². The Morgan fingerprint density at radius 1 is 1.43 bits per heavy atom. The zero-order valence-corrected chi connectivity index (χ0v) is 8.78. The maximum Gasteiger partial charge on any atom is 0.142 e. The van der Waals surface area contributed by atoms with E-state index < -0.39 is 0 Å². The Hall–Kier alpha value is -1.55. The largest absolute Gasteiger partial charge is 0.378 e. The molecule has 0 bridgehead atoms. The van der Waals surface area contributed by atoms with Gasteiger partial charge in [0.05, 0.1) is 0 Å².